The van der Waals surface area contributed by atoms with E-state index in [9.17, 15) is 4.79 Å². The van der Waals surface area contributed by atoms with E-state index in [2.05, 4.69) is 5.32 Å². The van der Waals surface area contributed by atoms with Crippen molar-refractivity contribution in [3.8, 4) is 23.0 Å². The predicted molar refractivity (Wildman–Crippen MR) is 96.2 cm³/mol. The maximum atomic E-state index is 12.3. The zero-order chi connectivity index (χ0) is 18.5. The molecule has 1 aliphatic heterocycles. The number of hydrogen-bond donors (Lipinski definition) is 2. The summed E-state index contributed by atoms with van der Waals surface area (Å²) in [5.41, 5.74) is 1.70. The third-order valence-corrected chi connectivity index (χ3v) is 4.11. The van der Waals surface area contributed by atoms with Gasteiger partial charge in [-0.05, 0) is 24.3 Å². The number of nitrogens with one attached hydrogen (secondary N) is 2. The van der Waals surface area contributed by atoms with Crippen LogP contribution in [-0.4, -0.2) is 40.5 Å². The highest BCUT2D eigenvalue weighted by molar-refractivity contribution is 5.91. The number of quaternary nitrogens is 1. The van der Waals surface area contributed by atoms with Gasteiger partial charge in [0.15, 0.2) is 18.0 Å². The summed E-state index contributed by atoms with van der Waals surface area (Å²) in [5.74, 6) is 2.75. The largest absolute Gasteiger partial charge is 0.497 e. The van der Waals surface area contributed by atoms with E-state index in [0.717, 1.165) is 22.0 Å². The summed E-state index contributed by atoms with van der Waals surface area (Å²) in [6.45, 7) is 1.19. The molecule has 0 spiro atoms. The normalized spacial score (nSPS) is 13.2. The summed E-state index contributed by atoms with van der Waals surface area (Å²) in [7, 11) is 5.20. The molecule has 1 amide bonds. The van der Waals surface area contributed by atoms with E-state index in [-0.39, 0.29) is 12.7 Å². The van der Waals surface area contributed by atoms with Gasteiger partial charge in [0.1, 0.15) is 18.0 Å². The van der Waals surface area contributed by atoms with E-state index >= 15 is 0 Å². The van der Waals surface area contributed by atoms with Gasteiger partial charge in [-0.3, -0.25) is 4.79 Å². The molecule has 0 saturated heterocycles. The van der Waals surface area contributed by atoms with Crippen LogP contribution < -0.4 is 29.2 Å². The van der Waals surface area contributed by atoms with Gasteiger partial charge in [0.25, 0.3) is 5.91 Å². The highest BCUT2D eigenvalue weighted by atomic mass is 16.7. The van der Waals surface area contributed by atoms with Gasteiger partial charge in [-0.25, -0.2) is 0 Å². The van der Waals surface area contributed by atoms with Crippen LogP contribution in [0.2, 0.25) is 0 Å². The minimum Gasteiger partial charge on any atom is -0.497 e. The van der Waals surface area contributed by atoms with Crippen LogP contribution in [0.15, 0.2) is 36.4 Å². The molecule has 1 aliphatic rings. The van der Waals surface area contributed by atoms with Crippen molar-refractivity contribution in [2.75, 3.05) is 39.9 Å². The molecule has 0 saturated carbocycles. The van der Waals surface area contributed by atoms with Crippen molar-refractivity contribution in [3.05, 3.63) is 42.0 Å². The number of fused-ring (bicyclic) bond motifs is 1. The SMILES string of the molecule is COc1ccc(C[NH+](C)CC(=O)Nc2ccc3c(c2)OCO3)c(OC)c1. The Hall–Kier alpha value is -2.93. The van der Waals surface area contributed by atoms with Gasteiger partial charge in [0.05, 0.1) is 21.3 Å². The lowest BCUT2D eigenvalue weighted by molar-refractivity contribution is -0.885. The Kier molecular flexibility index (Phi) is 5.48. The molecule has 0 fully saturated rings. The number of methoxy groups -OCH3 is 2. The summed E-state index contributed by atoms with van der Waals surface area (Å²) in [6, 6.07) is 11.0. The Morgan fingerprint density at radius 2 is 1.92 bits per heavy atom. The van der Waals surface area contributed by atoms with Crippen molar-refractivity contribution in [3.63, 3.8) is 0 Å². The summed E-state index contributed by atoms with van der Waals surface area (Å²) >= 11 is 0. The first-order chi connectivity index (χ1) is 12.6. The molecular weight excluding hydrogens is 336 g/mol. The fourth-order valence-electron chi connectivity index (χ4n) is 2.84. The average molecular weight is 359 g/mol. The molecule has 7 heteroatoms. The Bertz CT molecular complexity index is 793. The van der Waals surface area contributed by atoms with Gasteiger partial charge in [-0.2, -0.15) is 0 Å². The first kappa shape index (κ1) is 17.9. The van der Waals surface area contributed by atoms with Crippen molar-refractivity contribution in [2.24, 2.45) is 0 Å². The number of hydrogen-bond acceptors (Lipinski definition) is 5. The fourth-order valence-corrected chi connectivity index (χ4v) is 2.84. The van der Waals surface area contributed by atoms with E-state index in [1.165, 1.54) is 0 Å². The Morgan fingerprint density at radius 3 is 2.69 bits per heavy atom. The van der Waals surface area contributed by atoms with Gasteiger partial charge in [-0.1, -0.05) is 0 Å². The molecule has 138 valence electrons. The van der Waals surface area contributed by atoms with Gasteiger partial charge in [-0.15, -0.1) is 0 Å². The lowest BCUT2D eigenvalue weighted by Crippen LogP contribution is -3.08. The summed E-state index contributed by atoms with van der Waals surface area (Å²) in [6.07, 6.45) is 0. The molecule has 2 N–H and O–H groups in total. The van der Waals surface area contributed by atoms with E-state index < -0.39 is 0 Å². The monoisotopic (exact) mass is 359 g/mol. The second-order valence-electron chi connectivity index (χ2n) is 6.10. The number of carbonyl (C=O) groups excluding carboxylic acids is 1. The second-order valence-corrected chi connectivity index (χ2v) is 6.10. The number of likely N-dealkylation sites (N-methyl/N-ethyl adjacent to an activating group) is 1. The predicted octanol–water partition coefficient (Wildman–Crippen LogP) is 1.09. The average Bonchev–Trinajstić information content (AvgIpc) is 3.09. The second kappa shape index (κ2) is 7.97. The third kappa shape index (κ3) is 4.18. The summed E-state index contributed by atoms with van der Waals surface area (Å²) in [4.78, 5) is 13.3. The first-order valence-corrected chi connectivity index (χ1v) is 8.30. The minimum atomic E-state index is -0.0751. The number of amides is 1. The van der Waals surface area contributed by atoms with Crippen LogP contribution in [0.1, 0.15) is 5.56 Å². The van der Waals surface area contributed by atoms with Crippen molar-refractivity contribution in [2.45, 2.75) is 6.54 Å². The molecule has 2 aromatic rings. The molecule has 0 aliphatic carbocycles. The first-order valence-electron chi connectivity index (χ1n) is 8.30. The molecule has 0 radical (unpaired) electrons. The van der Waals surface area contributed by atoms with Crippen molar-refractivity contribution < 1.29 is 28.6 Å². The number of ether oxygens (including phenoxy) is 4. The minimum absolute atomic E-state index is 0.0751. The lowest BCUT2D eigenvalue weighted by atomic mass is 10.2. The van der Waals surface area contributed by atoms with Gasteiger partial charge in [0, 0.05) is 23.4 Å². The standard InChI is InChI=1S/C19H22N2O5/c1-21(10-13-4-6-15(23-2)9-17(13)24-3)11-19(22)20-14-5-7-16-18(8-14)26-12-25-16/h4-9H,10-12H2,1-3H3,(H,20,22)/p+1. The van der Waals surface area contributed by atoms with Crippen LogP contribution in [0.4, 0.5) is 5.69 Å². The van der Waals surface area contributed by atoms with E-state index in [0.29, 0.717) is 30.3 Å². The van der Waals surface area contributed by atoms with Crippen molar-refractivity contribution >= 4 is 11.6 Å². The molecule has 0 bridgehead atoms. The zero-order valence-corrected chi connectivity index (χ0v) is 15.1. The molecule has 7 nitrogen and oxygen atoms in total. The third-order valence-electron chi connectivity index (χ3n) is 4.11. The fraction of sp³-hybridized carbons (Fsp3) is 0.316. The molecule has 0 aromatic heterocycles. The quantitative estimate of drug-likeness (QED) is 0.774. The van der Waals surface area contributed by atoms with Gasteiger partial charge in [0.2, 0.25) is 6.79 Å². The highest BCUT2D eigenvalue weighted by Gasteiger charge is 2.17. The zero-order valence-electron chi connectivity index (χ0n) is 15.1. The molecule has 1 atom stereocenters. The number of benzene rings is 2. The van der Waals surface area contributed by atoms with Crippen LogP contribution >= 0.6 is 0 Å². The van der Waals surface area contributed by atoms with E-state index in [1.807, 2.05) is 25.2 Å². The maximum Gasteiger partial charge on any atom is 0.279 e. The molecule has 2 aromatic carbocycles. The van der Waals surface area contributed by atoms with Crippen LogP contribution in [0.5, 0.6) is 23.0 Å². The van der Waals surface area contributed by atoms with Crippen LogP contribution in [0.25, 0.3) is 0 Å². The Morgan fingerprint density at radius 1 is 1.12 bits per heavy atom. The summed E-state index contributed by atoms with van der Waals surface area (Å²) in [5, 5.41) is 2.89. The van der Waals surface area contributed by atoms with Crippen LogP contribution in [-0.2, 0) is 11.3 Å². The van der Waals surface area contributed by atoms with Crippen molar-refractivity contribution in [1.82, 2.24) is 0 Å². The lowest BCUT2D eigenvalue weighted by Gasteiger charge is -2.16. The smallest absolute Gasteiger partial charge is 0.279 e. The topological polar surface area (TPSA) is 70.5 Å². The molecule has 26 heavy (non-hydrogen) atoms. The van der Waals surface area contributed by atoms with Gasteiger partial charge < -0.3 is 29.2 Å². The molecule has 1 unspecified atom stereocenters. The highest BCUT2D eigenvalue weighted by Crippen LogP contribution is 2.34. The molecule has 1 heterocycles. The van der Waals surface area contributed by atoms with Crippen molar-refractivity contribution in [1.29, 1.82) is 0 Å². The molecular formula is C19H23N2O5+. The Labute approximate surface area is 152 Å². The maximum absolute atomic E-state index is 12.3. The van der Waals surface area contributed by atoms with Crippen LogP contribution in [0.3, 0.4) is 0 Å². The number of anilines is 1. The number of carbonyl (C=O) groups is 1. The molecule has 3 rings (SSSR count). The number of rotatable bonds is 7. The Balaban J connectivity index is 1.57. The summed E-state index contributed by atoms with van der Waals surface area (Å²) < 4.78 is 21.2. The van der Waals surface area contributed by atoms with Crippen LogP contribution in [0, 0.1) is 0 Å². The van der Waals surface area contributed by atoms with E-state index in [4.69, 9.17) is 18.9 Å². The van der Waals surface area contributed by atoms with E-state index in [1.54, 1.807) is 32.4 Å². The van der Waals surface area contributed by atoms with Gasteiger partial charge >= 0.3 is 0 Å².